The largest absolute Gasteiger partial charge is 0.354 e. The van der Waals surface area contributed by atoms with Gasteiger partial charge < -0.3 is 10.2 Å². The maximum atomic E-state index is 4.95. The number of piperazine rings is 1. The average molecular weight is 294 g/mol. The lowest BCUT2D eigenvalue weighted by Gasteiger charge is -2.30. The molecule has 22 heavy (non-hydrogen) atoms. The Morgan fingerprint density at radius 2 is 1.77 bits per heavy atom. The summed E-state index contributed by atoms with van der Waals surface area (Å²) < 4.78 is 0. The van der Waals surface area contributed by atoms with Gasteiger partial charge in [-0.05, 0) is 26.2 Å². The molecule has 1 aromatic carbocycles. The summed E-state index contributed by atoms with van der Waals surface area (Å²) in [6, 6.07) is 8.54. The smallest absolute Gasteiger partial charge is 0.161 e. The minimum Gasteiger partial charge on any atom is -0.354 e. The fraction of sp³-hybridized carbons (Fsp3) is 0.444. The molecule has 0 spiro atoms. The molecule has 0 bridgehead atoms. The van der Waals surface area contributed by atoms with Crippen molar-refractivity contribution in [2.75, 3.05) is 31.1 Å². The molecule has 1 aliphatic carbocycles. The quantitative estimate of drug-likeness (QED) is 0.923. The van der Waals surface area contributed by atoms with Gasteiger partial charge in [0, 0.05) is 43.0 Å². The van der Waals surface area contributed by atoms with Gasteiger partial charge in [0.05, 0.1) is 0 Å². The Balaban J connectivity index is 1.78. The first-order chi connectivity index (χ1) is 10.8. The molecule has 2 aliphatic rings. The Morgan fingerprint density at radius 3 is 2.55 bits per heavy atom. The minimum atomic E-state index is 0.884. The van der Waals surface area contributed by atoms with Crippen LogP contribution in [-0.4, -0.2) is 36.1 Å². The van der Waals surface area contributed by atoms with Crippen LogP contribution in [0.3, 0.4) is 0 Å². The van der Waals surface area contributed by atoms with Gasteiger partial charge in [0.15, 0.2) is 5.82 Å². The second-order valence-corrected chi connectivity index (χ2v) is 6.25. The molecule has 1 aromatic heterocycles. The van der Waals surface area contributed by atoms with Gasteiger partial charge in [-0.25, -0.2) is 9.97 Å². The molecule has 1 saturated heterocycles. The second kappa shape index (κ2) is 5.69. The molecule has 1 aliphatic heterocycles. The first-order valence-corrected chi connectivity index (χ1v) is 8.24. The van der Waals surface area contributed by atoms with Crippen molar-refractivity contribution in [3.63, 3.8) is 0 Å². The maximum Gasteiger partial charge on any atom is 0.161 e. The van der Waals surface area contributed by atoms with E-state index in [-0.39, 0.29) is 0 Å². The summed E-state index contributed by atoms with van der Waals surface area (Å²) in [5.41, 5.74) is 5.04. The highest BCUT2D eigenvalue weighted by atomic mass is 15.2. The predicted molar refractivity (Wildman–Crippen MR) is 89.3 cm³/mol. The molecule has 2 heterocycles. The molecule has 0 atom stereocenters. The standard InChI is InChI=1S/C18H22N4/c1-13-5-7-14(8-6-13)17-20-16-4-2-3-15(16)18(21-17)22-11-9-19-10-12-22/h5-8,19H,2-4,9-12H2,1H3. The minimum absolute atomic E-state index is 0.884. The number of hydrogen-bond acceptors (Lipinski definition) is 4. The zero-order valence-electron chi connectivity index (χ0n) is 13.1. The first-order valence-electron chi connectivity index (χ1n) is 8.24. The Labute approximate surface area is 131 Å². The van der Waals surface area contributed by atoms with Crippen molar-refractivity contribution < 1.29 is 0 Å². The third-order valence-electron chi connectivity index (χ3n) is 4.64. The zero-order valence-corrected chi connectivity index (χ0v) is 13.1. The summed E-state index contributed by atoms with van der Waals surface area (Å²) in [6.45, 7) is 6.27. The van der Waals surface area contributed by atoms with Gasteiger partial charge in [0.1, 0.15) is 5.82 Å². The van der Waals surface area contributed by atoms with Crippen LogP contribution in [0.4, 0.5) is 5.82 Å². The average Bonchev–Trinajstić information content (AvgIpc) is 3.04. The SMILES string of the molecule is Cc1ccc(-c2nc3c(c(N4CCNCC4)n2)CCC3)cc1. The van der Waals surface area contributed by atoms with Crippen LogP contribution in [0, 0.1) is 6.92 Å². The van der Waals surface area contributed by atoms with E-state index in [1.54, 1.807) is 0 Å². The summed E-state index contributed by atoms with van der Waals surface area (Å²) in [7, 11) is 0. The van der Waals surface area contributed by atoms with Crippen LogP contribution in [0.2, 0.25) is 0 Å². The third-order valence-corrected chi connectivity index (χ3v) is 4.64. The van der Waals surface area contributed by atoms with Crippen LogP contribution >= 0.6 is 0 Å². The van der Waals surface area contributed by atoms with Gasteiger partial charge in [-0.3, -0.25) is 0 Å². The molecular weight excluding hydrogens is 272 g/mol. The van der Waals surface area contributed by atoms with Crippen molar-refractivity contribution in [3.8, 4) is 11.4 Å². The van der Waals surface area contributed by atoms with E-state index in [9.17, 15) is 0 Å². The molecule has 0 unspecified atom stereocenters. The van der Waals surface area contributed by atoms with Crippen molar-refractivity contribution in [1.29, 1.82) is 0 Å². The number of fused-ring (bicyclic) bond motifs is 1. The molecule has 4 rings (SSSR count). The van der Waals surface area contributed by atoms with Gasteiger partial charge in [0.2, 0.25) is 0 Å². The van der Waals surface area contributed by atoms with E-state index in [2.05, 4.69) is 41.4 Å². The van der Waals surface area contributed by atoms with Crippen LogP contribution < -0.4 is 10.2 Å². The topological polar surface area (TPSA) is 41.1 Å². The van der Waals surface area contributed by atoms with Crippen molar-refractivity contribution in [3.05, 3.63) is 41.1 Å². The highest BCUT2D eigenvalue weighted by molar-refractivity contribution is 5.62. The Morgan fingerprint density at radius 1 is 1.00 bits per heavy atom. The summed E-state index contributed by atoms with van der Waals surface area (Å²) in [5, 5.41) is 3.42. The zero-order chi connectivity index (χ0) is 14.9. The number of nitrogens with zero attached hydrogens (tertiary/aromatic N) is 3. The monoisotopic (exact) mass is 294 g/mol. The van der Waals surface area contributed by atoms with E-state index >= 15 is 0 Å². The van der Waals surface area contributed by atoms with Crippen molar-refractivity contribution in [1.82, 2.24) is 15.3 Å². The van der Waals surface area contributed by atoms with Crippen LogP contribution in [0.25, 0.3) is 11.4 Å². The highest BCUT2D eigenvalue weighted by Crippen LogP contribution is 2.31. The second-order valence-electron chi connectivity index (χ2n) is 6.25. The number of nitrogens with one attached hydrogen (secondary N) is 1. The van der Waals surface area contributed by atoms with Crippen LogP contribution in [0.5, 0.6) is 0 Å². The van der Waals surface area contributed by atoms with Gasteiger partial charge in [0.25, 0.3) is 0 Å². The summed E-state index contributed by atoms with van der Waals surface area (Å²) in [5.74, 6) is 2.06. The summed E-state index contributed by atoms with van der Waals surface area (Å²) in [4.78, 5) is 12.2. The van der Waals surface area contributed by atoms with E-state index < -0.39 is 0 Å². The maximum absolute atomic E-state index is 4.95. The van der Waals surface area contributed by atoms with E-state index in [0.717, 1.165) is 50.4 Å². The molecule has 0 radical (unpaired) electrons. The molecule has 0 saturated carbocycles. The molecular formula is C18H22N4. The van der Waals surface area contributed by atoms with Crippen LogP contribution in [0.15, 0.2) is 24.3 Å². The summed E-state index contributed by atoms with van der Waals surface area (Å²) in [6.07, 6.45) is 3.43. The number of anilines is 1. The Kier molecular flexibility index (Phi) is 3.54. The fourth-order valence-electron chi connectivity index (χ4n) is 3.38. The number of aromatic nitrogens is 2. The molecule has 1 N–H and O–H groups in total. The Bertz CT molecular complexity index is 672. The van der Waals surface area contributed by atoms with E-state index in [1.165, 1.54) is 29.1 Å². The number of aryl methyl sites for hydroxylation is 2. The van der Waals surface area contributed by atoms with Crippen LogP contribution in [0.1, 0.15) is 23.2 Å². The lowest BCUT2D eigenvalue weighted by atomic mass is 10.1. The van der Waals surface area contributed by atoms with E-state index in [4.69, 9.17) is 9.97 Å². The van der Waals surface area contributed by atoms with Gasteiger partial charge in [-0.1, -0.05) is 29.8 Å². The molecule has 0 amide bonds. The number of rotatable bonds is 2. The Hall–Kier alpha value is -1.94. The first kappa shape index (κ1) is 13.7. The summed E-state index contributed by atoms with van der Waals surface area (Å²) >= 11 is 0. The molecule has 4 nitrogen and oxygen atoms in total. The predicted octanol–water partition coefficient (Wildman–Crippen LogP) is 2.35. The molecule has 4 heteroatoms. The lowest BCUT2D eigenvalue weighted by Crippen LogP contribution is -2.44. The van der Waals surface area contributed by atoms with Crippen molar-refractivity contribution >= 4 is 5.82 Å². The number of hydrogen-bond donors (Lipinski definition) is 1. The normalized spacial score (nSPS) is 17.6. The van der Waals surface area contributed by atoms with Crippen molar-refractivity contribution in [2.24, 2.45) is 0 Å². The van der Waals surface area contributed by atoms with Gasteiger partial charge in [-0.2, -0.15) is 0 Å². The van der Waals surface area contributed by atoms with Gasteiger partial charge >= 0.3 is 0 Å². The van der Waals surface area contributed by atoms with Crippen molar-refractivity contribution in [2.45, 2.75) is 26.2 Å². The fourth-order valence-corrected chi connectivity index (χ4v) is 3.38. The molecule has 114 valence electrons. The van der Waals surface area contributed by atoms with Crippen LogP contribution in [-0.2, 0) is 12.8 Å². The number of benzene rings is 1. The van der Waals surface area contributed by atoms with Gasteiger partial charge in [-0.15, -0.1) is 0 Å². The third kappa shape index (κ3) is 2.48. The lowest BCUT2D eigenvalue weighted by molar-refractivity contribution is 0.583. The van der Waals surface area contributed by atoms with E-state index in [0.29, 0.717) is 0 Å². The highest BCUT2D eigenvalue weighted by Gasteiger charge is 2.24. The van der Waals surface area contributed by atoms with E-state index in [1.807, 2.05) is 0 Å². The molecule has 1 fully saturated rings. The molecule has 2 aromatic rings.